The largest absolute Gasteiger partial charge is 0.103 e. The summed E-state index contributed by atoms with van der Waals surface area (Å²) in [6.45, 7) is 0. The maximum Gasteiger partial charge on any atom is 0.00918 e. The van der Waals surface area contributed by atoms with E-state index < -0.39 is 0 Å². The number of hydrogen-bond donors (Lipinski definition) is 0. The van der Waals surface area contributed by atoms with Crippen molar-refractivity contribution in [3.8, 4) is 23.7 Å². The van der Waals surface area contributed by atoms with E-state index in [4.69, 9.17) is 0 Å². The van der Waals surface area contributed by atoms with Crippen LogP contribution in [0.25, 0.3) is 0 Å². The molecule has 22 heavy (non-hydrogen) atoms. The van der Waals surface area contributed by atoms with Gasteiger partial charge in [-0.05, 0) is 86.5 Å². The second kappa shape index (κ2) is 8.29. The monoisotopic (exact) mass is 292 g/mol. The molecular weight excluding hydrogens is 264 g/mol. The van der Waals surface area contributed by atoms with Gasteiger partial charge in [0.25, 0.3) is 0 Å². The maximum absolute atomic E-state index is 3.36. The van der Waals surface area contributed by atoms with Crippen LogP contribution in [-0.4, -0.2) is 0 Å². The van der Waals surface area contributed by atoms with Gasteiger partial charge < -0.3 is 0 Å². The number of fused-ring (bicyclic) bond motifs is 2. The van der Waals surface area contributed by atoms with Gasteiger partial charge in [-0.15, -0.1) is 23.7 Å². The van der Waals surface area contributed by atoms with E-state index in [0.29, 0.717) is 0 Å². The summed E-state index contributed by atoms with van der Waals surface area (Å²) in [4.78, 5) is 0. The number of hydrogen-bond acceptors (Lipinski definition) is 0. The van der Waals surface area contributed by atoms with Crippen molar-refractivity contribution in [1.82, 2.24) is 0 Å². The molecule has 0 aromatic heterocycles. The summed E-state index contributed by atoms with van der Waals surface area (Å²) < 4.78 is 0. The molecule has 0 nitrogen and oxygen atoms in total. The molecule has 0 spiro atoms. The fraction of sp³-hybridized carbons (Fsp3) is 0.636. The first-order valence-electron chi connectivity index (χ1n) is 9.33. The van der Waals surface area contributed by atoms with Gasteiger partial charge >= 0.3 is 0 Å². The van der Waals surface area contributed by atoms with Crippen LogP contribution in [0.15, 0.2) is 22.3 Å². The van der Waals surface area contributed by atoms with E-state index in [1.807, 2.05) is 0 Å². The molecule has 0 saturated carbocycles. The highest BCUT2D eigenvalue weighted by Gasteiger charge is 2.27. The lowest BCUT2D eigenvalue weighted by Crippen LogP contribution is -2.14. The van der Waals surface area contributed by atoms with Gasteiger partial charge in [0, 0.05) is 25.7 Å². The van der Waals surface area contributed by atoms with Crippen LogP contribution in [0.4, 0.5) is 0 Å². The van der Waals surface area contributed by atoms with Crippen molar-refractivity contribution < 1.29 is 0 Å². The van der Waals surface area contributed by atoms with Crippen molar-refractivity contribution in [2.24, 2.45) is 0 Å². The Hall–Kier alpha value is -1.40. The van der Waals surface area contributed by atoms with Crippen LogP contribution in [0.2, 0.25) is 0 Å². The quantitative estimate of drug-likeness (QED) is 0.474. The molecule has 0 unspecified atom stereocenters. The van der Waals surface area contributed by atoms with Crippen LogP contribution in [0.5, 0.6) is 0 Å². The molecule has 0 heterocycles. The Bertz CT molecular complexity index is 512. The van der Waals surface area contributed by atoms with Crippen molar-refractivity contribution in [2.75, 3.05) is 0 Å². The third kappa shape index (κ3) is 3.87. The van der Waals surface area contributed by atoms with E-state index >= 15 is 0 Å². The third-order valence-electron chi connectivity index (χ3n) is 5.12. The van der Waals surface area contributed by atoms with Gasteiger partial charge in [-0.25, -0.2) is 0 Å². The minimum atomic E-state index is 1.09. The Kier molecular flexibility index (Phi) is 5.84. The summed E-state index contributed by atoms with van der Waals surface area (Å²) in [5.41, 5.74) is 7.01. The fourth-order valence-electron chi connectivity index (χ4n) is 3.96. The molecule has 3 rings (SSSR count). The van der Waals surface area contributed by atoms with Gasteiger partial charge in [0.2, 0.25) is 0 Å². The van der Waals surface area contributed by atoms with Gasteiger partial charge in [0.05, 0.1) is 0 Å². The van der Waals surface area contributed by atoms with Crippen molar-refractivity contribution in [3.05, 3.63) is 22.3 Å². The molecule has 3 aliphatic carbocycles. The molecule has 0 atom stereocenters. The molecule has 0 heteroatoms. The summed E-state index contributed by atoms with van der Waals surface area (Å²) >= 11 is 0. The molecule has 0 aromatic rings. The Morgan fingerprint density at radius 1 is 0.364 bits per heavy atom. The first kappa shape index (κ1) is 15.5. The predicted octanol–water partition coefficient (Wildman–Crippen LogP) is 6.09. The average molecular weight is 292 g/mol. The summed E-state index contributed by atoms with van der Waals surface area (Å²) in [5.74, 6) is 13.4. The first-order valence-corrected chi connectivity index (χ1v) is 9.33. The van der Waals surface area contributed by atoms with Crippen LogP contribution in [-0.2, 0) is 0 Å². The van der Waals surface area contributed by atoms with Crippen LogP contribution < -0.4 is 0 Å². The van der Waals surface area contributed by atoms with Crippen molar-refractivity contribution in [3.63, 3.8) is 0 Å². The van der Waals surface area contributed by atoms with Crippen molar-refractivity contribution in [2.45, 2.75) is 89.9 Å². The van der Waals surface area contributed by atoms with Crippen LogP contribution in [0.3, 0.4) is 0 Å². The zero-order chi connectivity index (χ0) is 15.0. The van der Waals surface area contributed by atoms with Crippen LogP contribution in [0.1, 0.15) is 89.9 Å². The van der Waals surface area contributed by atoms with E-state index in [2.05, 4.69) is 23.7 Å². The zero-order valence-electron chi connectivity index (χ0n) is 13.9. The lowest BCUT2D eigenvalue weighted by molar-refractivity contribution is 0.677. The van der Waals surface area contributed by atoms with E-state index in [1.165, 1.54) is 64.2 Å². The van der Waals surface area contributed by atoms with E-state index in [1.54, 1.807) is 22.3 Å². The maximum atomic E-state index is 3.36. The molecule has 0 fully saturated rings. The van der Waals surface area contributed by atoms with E-state index in [-0.39, 0.29) is 0 Å². The minimum Gasteiger partial charge on any atom is -0.103 e. The van der Waals surface area contributed by atoms with Gasteiger partial charge in [-0.1, -0.05) is 0 Å². The smallest absolute Gasteiger partial charge is 0.00918 e. The van der Waals surface area contributed by atoms with Gasteiger partial charge in [-0.2, -0.15) is 0 Å². The van der Waals surface area contributed by atoms with Crippen molar-refractivity contribution in [1.29, 1.82) is 0 Å². The highest BCUT2D eigenvalue weighted by molar-refractivity contribution is 5.59. The molecule has 0 radical (unpaired) electrons. The zero-order valence-corrected chi connectivity index (χ0v) is 13.9. The summed E-state index contributed by atoms with van der Waals surface area (Å²) in [7, 11) is 0. The Labute approximate surface area is 136 Å². The second-order valence-corrected chi connectivity index (χ2v) is 6.74. The molecular formula is C22H28. The SMILES string of the molecule is C1#CCCCC2=C(CCCC1)C1=C2CCCCC#CCCC1. The standard InChI is InChI=1S/C22H28/c1-3-7-11-15-19-20(16-12-8-4-1)22-18-14-10-6-2-5-9-13-17-21(19)22/h3,6-18H2. The molecule has 0 aromatic carbocycles. The fourth-order valence-corrected chi connectivity index (χ4v) is 3.96. The Morgan fingerprint density at radius 2 is 0.682 bits per heavy atom. The molecule has 0 saturated heterocycles. The Balaban J connectivity index is 1.71. The topological polar surface area (TPSA) is 0 Å². The van der Waals surface area contributed by atoms with Crippen LogP contribution >= 0.6 is 0 Å². The summed E-state index contributed by atoms with van der Waals surface area (Å²) in [5, 5.41) is 0. The van der Waals surface area contributed by atoms with Crippen molar-refractivity contribution >= 4 is 0 Å². The highest BCUT2D eigenvalue weighted by Crippen LogP contribution is 2.45. The normalized spacial score (nSPS) is 23.3. The predicted molar refractivity (Wildman–Crippen MR) is 94.2 cm³/mol. The van der Waals surface area contributed by atoms with E-state index in [0.717, 1.165) is 25.7 Å². The highest BCUT2D eigenvalue weighted by atomic mass is 14.3. The van der Waals surface area contributed by atoms with Crippen LogP contribution in [0, 0.1) is 23.7 Å². The second-order valence-electron chi connectivity index (χ2n) is 6.74. The van der Waals surface area contributed by atoms with Gasteiger partial charge in [-0.3, -0.25) is 0 Å². The lowest BCUT2D eigenvalue weighted by atomic mass is 9.72. The molecule has 0 aliphatic heterocycles. The molecule has 3 aliphatic rings. The number of allylic oxidation sites excluding steroid dienone is 4. The van der Waals surface area contributed by atoms with Gasteiger partial charge in [0.15, 0.2) is 0 Å². The summed E-state index contributed by atoms with van der Waals surface area (Å²) in [6, 6.07) is 0. The average Bonchev–Trinajstić information content (AvgIpc) is 2.60. The molecule has 0 amide bonds. The van der Waals surface area contributed by atoms with E-state index in [9.17, 15) is 0 Å². The number of rotatable bonds is 0. The molecule has 116 valence electrons. The molecule has 0 N–H and O–H groups in total. The Morgan fingerprint density at radius 3 is 1.09 bits per heavy atom. The summed E-state index contributed by atoms with van der Waals surface area (Å²) in [6.07, 6.45) is 17.3. The van der Waals surface area contributed by atoms with Gasteiger partial charge in [0.1, 0.15) is 0 Å². The molecule has 0 bridgehead atoms. The lowest BCUT2D eigenvalue weighted by Gasteiger charge is -2.33. The first-order chi connectivity index (χ1) is 11.0. The minimum absolute atomic E-state index is 1.09. The third-order valence-corrected chi connectivity index (χ3v) is 5.12.